The summed E-state index contributed by atoms with van der Waals surface area (Å²) in [6.07, 6.45) is 8.03. The monoisotopic (exact) mass is 423 g/mol. The second kappa shape index (κ2) is 7.61. The zero-order valence-corrected chi connectivity index (χ0v) is 15.0. The smallest absolute Gasteiger partial charge is 0.169 e. The number of benzene rings is 1. The van der Waals surface area contributed by atoms with Gasteiger partial charge in [0.15, 0.2) is 12.4 Å². The molecule has 0 bridgehead atoms. The molecule has 2 aromatic heterocycles. The Balaban J connectivity index is 0.00000176. The van der Waals surface area contributed by atoms with Gasteiger partial charge < -0.3 is 28.4 Å². The highest BCUT2D eigenvalue weighted by atomic mass is 127. The van der Waals surface area contributed by atoms with Crippen molar-refractivity contribution in [1.82, 2.24) is 0 Å². The van der Waals surface area contributed by atoms with Gasteiger partial charge in [0.05, 0.1) is 0 Å². The molecule has 0 atom stereocenters. The van der Waals surface area contributed by atoms with Crippen molar-refractivity contribution in [3.05, 3.63) is 77.3 Å². The third kappa shape index (κ3) is 4.21. The molecular weight excluding hydrogens is 409 g/mol. The summed E-state index contributed by atoms with van der Waals surface area (Å²) in [6, 6.07) is 15.7. The molecule has 0 aliphatic heterocycles. The molecule has 2 heterocycles. The van der Waals surface area contributed by atoms with Crippen molar-refractivity contribution >= 4 is 23.8 Å². The molecule has 3 rings (SSSR count). The SMILES string of the molecule is C[n+]1ccc(/C=C/c2ccc(-c3ccc(Cl)cc3)o2)cc1.[I-]. The highest BCUT2D eigenvalue weighted by Gasteiger charge is 2.03. The topological polar surface area (TPSA) is 17.0 Å². The van der Waals surface area contributed by atoms with Gasteiger partial charge in [-0.25, -0.2) is 4.57 Å². The van der Waals surface area contributed by atoms with E-state index in [2.05, 4.69) is 12.1 Å². The summed E-state index contributed by atoms with van der Waals surface area (Å²) in [5, 5.41) is 0.725. The van der Waals surface area contributed by atoms with Crippen LogP contribution >= 0.6 is 11.6 Å². The van der Waals surface area contributed by atoms with Crippen molar-refractivity contribution < 1.29 is 33.0 Å². The van der Waals surface area contributed by atoms with Gasteiger partial charge in [-0.3, -0.25) is 0 Å². The maximum atomic E-state index is 5.89. The number of furan rings is 1. The van der Waals surface area contributed by atoms with Crippen LogP contribution in [0.2, 0.25) is 5.02 Å². The maximum Gasteiger partial charge on any atom is 0.169 e. The third-order valence-electron chi connectivity index (χ3n) is 3.20. The second-order valence-electron chi connectivity index (χ2n) is 4.84. The van der Waals surface area contributed by atoms with E-state index in [0.29, 0.717) is 0 Å². The normalized spacial score (nSPS) is 10.6. The van der Waals surface area contributed by atoms with Crippen molar-refractivity contribution in [1.29, 1.82) is 0 Å². The van der Waals surface area contributed by atoms with E-state index in [0.717, 1.165) is 27.7 Å². The van der Waals surface area contributed by atoms with Gasteiger partial charge in [0.1, 0.15) is 18.6 Å². The van der Waals surface area contributed by atoms with Crippen LogP contribution in [0.25, 0.3) is 23.5 Å². The van der Waals surface area contributed by atoms with E-state index in [1.807, 2.05) is 72.6 Å². The number of aryl methyl sites for hydroxylation is 1. The van der Waals surface area contributed by atoms with E-state index < -0.39 is 0 Å². The lowest BCUT2D eigenvalue weighted by molar-refractivity contribution is -0.671. The first kappa shape index (κ1) is 16.8. The number of aromatic nitrogens is 1. The van der Waals surface area contributed by atoms with Crippen molar-refractivity contribution in [3.63, 3.8) is 0 Å². The number of hydrogen-bond acceptors (Lipinski definition) is 1. The number of halogens is 2. The van der Waals surface area contributed by atoms with Gasteiger partial charge in [0.2, 0.25) is 0 Å². The fourth-order valence-corrected chi connectivity index (χ4v) is 2.14. The van der Waals surface area contributed by atoms with Crippen molar-refractivity contribution in [2.75, 3.05) is 0 Å². The molecule has 0 saturated heterocycles. The standard InChI is InChI=1S/C18H15ClNO.HI/c1-20-12-10-14(11-13-20)2-7-17-8-9-18(21-17)15-3-5-16(19)6-4-15;/h2-13H,1H3;1H/q+1;/p-1/b7-2+;. The molecule has 112 valence electrons. The molecule has 0 radical (unpaired) electrons. The second-order valence-corrected chi connectivity index (χ2v) is 5.28. The van der Waals surface area contributed by atoms with Gasteiger partial charge in [0, 0.05) is 22.7 Å². The van der Waals surface area contributed by atoms with Crippen LogP contribution in [0.1, 0.15) is 11.3 Å². The minimum atomic E-state index is 0. The zero-order valence-electron chi connectivity index (χ0n) is 12.0. The molecule has 4 heteroatoms. The Labute approximate surface area is 152 Å². The summed E-state index contributed by atoms with van der Waals surface area (Å²) in [6.45, 7) is 0. The maximum absolute atomic E-state index is 5.89. The number of rotatable bonds is 3. The van der Waals surface area contributed by atoms with Gasteiger partial charge in [0.25, 0.3) is 0 Å². The Morgan fingerprint density at radius 3 is 2.27 bits per heavy atom. The van der Waals surface area contributed by atoms with E-state index in [9.17, 15) is 0 Å². The average Bonchev–Trinajstić information content (AvgIpc) is 2.96. The predicted molar refractivity (Wildman–Crippen MR) is 85.7 cm³/mol. The zero-order chi connectivity index (χ0) is 14.7. The molecular formula is C18H15ClINO. The Hall–Kier alpha value is -1.59. The highest BCUT2D eigenvalue weighted by Crippen LogP contribution is 2.24. The predicted octanol–water partition coefficient (Wildman–Crippen LogP) is 1.60. The molecule has 0 fully saturated rings. The van der Waals surface area contributed by atoms with Crippen LogP contribution in [0.4, 0.5) is 0 Å². The van der Waals surface area contributed by atoms with Gasteiger partial charge in [-0.2, -0.15) is 0 Å². The van der Waals surface area contributed by atoms with Crippen LogP contribution in [0.5, 0.6) is 0 Å². The van der Waals surface area contributed by atoms with E-state index >= 15 is 0 Å². The van der Waals surface area contributed by atoms with E-state index in [4.69, 9.17) is 16.0 Å². The highest BCUT2D eigenvalue weighted by molar-refractivity contribution is 6.30. The molecule has 0 spiro atoms. The molecule has 0 aliphatic carbocycles. The molecule has 1 aromatic carbocycles. The van der Waals surface area contributed by atoms with Crippen LogP contribution < -0.4 is 28.5 Å². The van der Waals surface area contributed by atoms with E-state index in [1.165, 1.54) is 0 Å². The largest absolute Gasteiger partial charge is 1.00 e. The first-order valence-electron chi connectivity index (χ1n) is 6.70. The van der Waals surface area contributed by atoms with E-state index in [1.54, 1.807) is 0 Å². The molecule has 0 unspecified atom stereocenters. The molecule has 3 aromatic rings. The third-order valence-corrected chi connectivity index (χ3v) is 3.45. The van der Waals surface area contributed by atoms with E-state index in [-0.39, 0.29) is 24.0 Å². The first-order chi connectivity index (χ1) is 10.2. The Bertz CT molecular complexity index is 761. The van der Waals surface area contributed by atoms with Crippen LogP contribution in [0.3, 0.4) is 0 Å². The van der Waals surface area contributed by atoms with Crippen LogP contribution in [0, 0.1) is 0 Å². The van der Waals surface area contributed by atoms with Crippen molar-refractivity contribution in [2.45, 2.75) is 0 Å². The Kier molecular flexibility index (Phi) is 5.80. The van der Waals surface area contributed by atoms with Crippen LogP contribution in [-0.4, -0.2) is 0 Å². The summed E-state index contributed by atoms with van der Waals surface area (Å²) in [5.41, 5.74) is 2.16. The first-order valence-corrected chi connectivity index (χ1v) is 7.08. The number of nitrogens with zero attached hydrogens (tertiary/aromatic N) is 1. The van der Waals surface area contributed by atoms with Crippen LogP contribution in [0.15, 0.2) is 65.3 Å². The fourth-order valence-electron chi connectivity index (χ4n) is 2.01. The average molecular weight is 424 g/mol. The van der Waals surface area contributed by atoms with Gasteiger partial charge in [-0.1, -0.05) is 17.7 Å². The fraction of sp³-hybridized carbons (Fsp3) is 0.0556. The van der Waals surface area contributed by atoms with Crippen molar-refractivity contribution in [3.8, 4) is 11.3 Å². The molecule has 0 aliphatic rings. The molecule has 0 amide bonds. The Morgan fingerprint density at radius 2 is 1.59 bits per heavy atom. The van der Waals surface area contributed by atoms with Gasteiger partial charge in [-0.15, -0.1) is 0 Å². The lowest BCUT2D eigenvalue weighted by Crippen LogP contribution is -3.00. The quantitative estimate of drug-likeness (QED) is 0.462. The molecule has 0 saturated carbocycles. The van der Waals surface area contributed by atoms with Crippen LogP contribution in [-0.2, 0) is 7.05 Å². The van der Waals surface area contributed by atoms with Gasteiger partial charge >= 0.3 is 0 Å². The Morgan fingerprint density at radius 1 is 0.909 bits per heavy atom. The minimum absolute atomic E-state index is 0. The number of hydrogen-bond donors (Lipinski definition) is 0. The summed E-state index contributed by atoms with van der Waals surface area (Å²) in [5.74, 6) is 1.67. The summed E-state index contributed by atoms with van der Waals surface area (Å²) in [7, 11) is 2.00. The summed E-state index contributed by atoms with van der Waals surface area (Å²) >= 11 is 5.89. The molecule has 0 N–H and O–H groups in total. The summed E-state index contributed by atoms with van der Waals surface area (Å²) < 4.78 is 7.82. The lowest BCUT2D eigenvalue weighted by Gasteiger charge is -1.96. The summed E-state index contributed by atoms with van der Waals surface area (Å²) in [4.78, 5) is 0. The van der Waals surface area contributed by atoms with Gasteiger partial charge in [-0.05, 0) is 48.0 Å². The number of pyridine rings is 1. The lowest BCUT2D eigenvalue weighted by atomic mass is 10.2. The van der Waals surface area contributed by atoms with Crippen molar-refractivity contribution in [2.24, 2.45) is 7.05 Å². The molecule has 2 nitrogen and oxygen atoms in total. The minimum Gasteiger partial charge on any atom is -1.00 e. The molecule has 22 heavy (non-hydrogen) atoms.